The third kappa shape index (κ3) is 4.18. The first-order chi connectivity index (χ1) is 7.13. The van der Waals surface area contributed by atoms with Crippen molar-refractivity contribution in [3.05, 3.63) is 34.6 Å². The Morgan fingerprint density at radius 2 is 2.20 bits per heavy atom. The Kier molecular flexibility index (Phi) is 5.06. The van der Waals surface area contributed by atoms with Crippen LogP contribution in [0.5, 0.6) is 0 Å². The summed E-state index contributed by atoms with van der Waals surface area (Å²) in [6.45, 7) is 6.08. The molecule has 3 heteroatoms. The zero-order valence-electron chi connectivity index (χ0n) is 9.19. The molecule has 0 aromatic heterocycles. The van der Waals surface area contributed by atoms with Gasteiger partial charge in [-0.25, -0.2) is 4.39 Å². The van der Waals surface area contributed by atoms with Gasteiger partial charge in [-0.2, -0.15) is 0 Å². The Balaban J connectivity index is 2.41. The van der Waals surface area contributed by atoms with Crippen LogP contribution in [0.3, 0.4) is 0 Å². The van der Waals surface area contributed by atoms with Crippen molar-refractivity contribution in [2.45, 2.75) is 26.8 Å². The molecule has 0 amide bonds. The van der Waals surface area contributed by atoms with Gasteiger partial charge in [-0.15, -0.1) is 0 Å². The van der Waals surface area contributed by atoms with Crippen molar-refractivity contribution in [2.75, 3.05) is 6.54 Å². The lowest BCUT2D eigenvalue weighted by atomic mass is 10.1. The molecular weight excluding hydrogens is 213 g/mol. The smallest absolute Gasteiger partial charge is 0.141 e. The van der Waals surface area contributed by atoms with Crippen molar-refractivity contribution in [3.63, 3.8) is 0 Å². The van der Waals surface area contributed by atoms with Gasteiger partial charge in [-0.3, -0.25) is 0 Å². The van der Waals surface area contributed by atoms with Gasteiger partial charge in [0, 0.05) is 6.54 Å². The normalized spacial score (nSPS) is 12.8. The average molecular weight is 230 g/mol. The van der Waals surface area contributed by atoms with Crippen molar-refractivity contribution >= 4 is 11.6 Å². The van der Waals surface area contributed by atoms with Crippen LogP contribution in [0.2, 0.25) is 5.02 Å². The highest BCUT2D eigenvalue weighted by atomic mass is 35.5. The predicted molar refractivity (Wildman–Crippen MR) is 62.6 cm³/mol. The summed E-state index contributed by atoms with van der Waals surface area (Å²) in [4.78, 5) is 0. The van der Waals surface area contributed by atoms with E-state index < -0.39 is 0 Å². The van der Waals surface area contributed by atoms with Gasteiger partial charge in [-0.05, 0) is 30.2 Å². The largest absolute Gasteiger partial charge is 0.312 e. The molecule has 84 valence electrons. The van der Waals surface area contributed by atoms with Crippen LogP contribution in [0.25, 0.3) is 0 Å². The van der Waals surface area contributed by atoms with Crippen molar-refractivity contribution in [1.82, 2.24) is 5.32 Å². The molecule has 0 radical (unpaired) electrons. The van der Waals surface area contributed by atoms with Crippen LogP contribution in [0.1, 0.15) is 25.8 Å². The monoisotopic (exact) mass is 229 g/mol. The van der Waals surface area contributed by atoms with Gasteiger partial charge in [0.1, 0.15) is 5.82 Å². The van der Waals surface area contributed by atoms with E-state index in [2.05, 4.69) is 19.2 Å². The van der Waals surface area contributed by atoms with Crippen LogP contribution in [0.4, 0.5) is 4.39 Å². The van der Waals surface area contributed by atoms with Crippen LogP contribution in [-0.2, 0) is 6.54 Å². The fourth-order valence-corrected chi connectivity index (χ4v) is 1.46. The lowest BCUT2D eigenvalue weighted by Gasteiger charge is -2.10. The lowest BCUT2D eigenvalue weighted by Crippen LogP contribution is -2.20. The van der Waals surface area contributed by atoms with Crippen LogP contribution >= 0.6 is 11.6 Å². The van der Waals surface area contributed by atoms with Gasteiger partial charge >= 0.3 is 0 Å². The number of hydrogen-bond donors (Lipinski definition) is 1. The number of halogens is 2. The molecule has 0 heterocycles. The Morgan fingerprint density at radius 3 is 2.80 bits per heavy atom. The van der Waals surface area contributed by atoms with E-state index in [9.17, 15) is 4.39 Å². The highest BCUT2D eigenvalue weighted by molar-refractivity contribution is 6.30. The van der Waals surface area contributed by atoms with Gasteiger partial charge < -0.3 is 5.32 Å². The fourth-order valence-electron chi connectivity index (χ4n) is 1.26. The molecule has 0 saturated carbocycles. The summed E-state index contributed by atoms with van der Waals surface area (Å²) in [5.41, 5.74) is 1.02. The maximum absolute atomic E-state index is 12.9. The fraction of sp³-hybridized carbons (Fsp3) is 0.500. The molecular formula is C12H17ClFN. The Morgan fingerprint density at radius 1 is 1.47 bits per heavy atom. The molecule has 1 rings (SSSR count). The minimum atomic E-state index is -0.359. The number of rotatable bonds is 5. The van der Waals surface area contributed by atoms with Crippen LogP contribution < -0.4 is 5.32 Å². The predicted octanol–water partition coefficient (Wildman–Crippen LogP) is 3.61. The molecule has 0 fully saturated rings. The maximum atomic E-state index is 12.9. The molecule has 15 heavy (non-hydrogen) atoms. The Bertz CT molecular complexity index is 314. The summed E-state index contributed by atoms with van der Waals surface area (Å²) in [6.07, 6.45) is 1.16. The zero-order valence-corrected chi connectivity index (χ0v) is 9.94. The number of nitrogens with one attached hydrogen (secondary N) is 1. The number of benzene rings is 1. The Labute approximate surface area is 95.6 Å². The molecule has 1 aromatic carbocycles. The van der Waals surface area contributed by atoms with Crippen molar-refractivity contribution in [3.8, 4) is 0 Å². The summed E-state index contributed by atoms with van der Waals surface area (Å²) >= 11 is 5.68. The molecule has 0 spiro atoms. The first-order valence-electron chi connectivity index (χ1n) is 5.28. The molecule has 1 N–H and O–H groups in total. The first-order valence-corrected chi connectivity index (χ1v) is 5.66. The summed E-state index contributed by atoms with van der Waals surface area (Å²) in [5.74, 6) is 0.309. The molecule has 0 unspecified atom stereocenters. The van der Waals surface area contributed by atoms with Gasteiger partial charge in [0.25, 0.3) is 0 Å². The second-order valence-corrected chi connectivity index (χ2v) is 4.30. The molecule has 1 atom stereocenters. The van der Waals surface area contributed by atoms with E-state index >= 15 is 0 Å². The molecule has 0 bridgehead atoms. The summed E-state index contributed by atoms with van der Waals surface area (Å²) < 4.78 is 12.9. The van der Waals surface area contributed by atoms with Crippen molar-refractivity contribution < 1.29 is 4.39 Å². The van der Waals surface area contributed by atoms with Gasteiger partial charge in [0.05, 0.1) is 5.02 Å². The first kappa shape index (κ1) is 12.5. The number of hydrogen-bond acceptors (Lipinski definition) is 1. The van der Waals surface area contributed by atoms with E-state index in [1.165, 1.54) is 6.07 Å². The highest BCUT2D eigenvalue weighted by Gasteiger charge is 2.01. The topological polar surface area (TPSA) is 12.0 Å². The van der Waals surface area contributed by atoms with E-state index in [0.717, 1.165) is 25.1 Å². The summed E-state index contributed by atoms with van der Waals surface area (Å²) in [7, 11) is 0. The van der Waals surface area contributed by atoms with E-state index in [1.54, 1.807) is 12.1 Å². The zero-order chi connectivity index (χ0) is 11.3. The maximum Gasteiger partial charge on any atom is 0.141 e. The van der Waals surface area contributed by atoms with Crippen molar-refractivity contribution in [1.29, 1.82) is 0 Å². The van der Waals surface area contributed by atoms with Crippen LogP contribution in [0, 0.1) is 11.7 Å². The molecule has 1 nitrogen and oxygen atoms in total. The SMILES string of the molecule is CC[C@H](C)CNCc1ccc(F)c(Cl)c1. The lowest BCUT2D eigenvalue weighted by molar-refractivity contribution is 0.499. The highest BCUT2D eigenvalue weighted by Crippen LogP contribution is 2.15. The molecule has 0 aliphatic rings. The summed E-state index contributed by atoms with van der Waals surface area (Å²) in [5, 5.41) is 3.51. The molecule has 1 aromatic rings. The Hall–Kier alpha value is -0.600. The molecule has 0 aliphatic carbocycles. The second kappa shape index (κ2) is 6.09. The van der Waals surface area contributed by atoms with E-state index in [1.807, 2.05) is 0 Å². The van der Waals surface area contributed by atoms with E-state index in [0.29, 0.717) is 5.92 Å². The van der Waals surface area contributed by atoms with Crippen molar-refractivity contribution in [2.24, 2.45) is 5.92 Å². The van der Waals surface area contributed by atoms with Crippen LogP contribution in [-0.4, -0.2) is 6.54 Å². The van der Waals surface area contributed by atoms with Gasteiger partial charge in [0.2, 0.25) is 0 Å². The van der Waals surface area contributed by atoms with E-state index in [-0.39, 0.29) is 10.8 Å². The standard InChI is InChI=1S/C12H17ClFN/c1-3-9(2)7-15-8-10-4-5-12(14)11(13)6-10/h4-6,9,15H,3,7-8H2,1-2H3/t9-/m0/s1. The van der Waals surface area contributed by atoms with Gasteiger partial charge in [-0.1, -0.05) is 37.9 Å². The third-order valence-electron chi connectivity index (χ3n) is 2.50. The minimum absolute atomic E-state index is 0.192. The van der Waals surface area contributed by atoms with E-state index in [4.69, 9.17) is 11.6 Å². The third-order valence-corrected chi connectivity index (χ3v) is 2.79. The summed E-state index contributed by atoms with van der Waals surface area (Å²) in [6, 6.07) is 4.83. The second-order valence-electron chi connectivity index (χ2n) is 3.89. The molecule has 0 aliphatic heterocycles. The van der Waals surface area contributed by atoms with Gasteiger partial charge in [0.15, 0.2) is 0 Å². The quantitative estimate of drug-likeness (QED) is 0.813. The van der Waals surface area contributed by atoms with Crippen LogP contribution in [0.15, 0.2) is 18.2 Å². The minimum Gasteiger partial charge on any atom is -0.312 e. The molecule has 0 saturated heterocycles. The average Bonchev–Trinajstić information content (AvgIpc) is 2.23.